The molecule has 0 bridgehead atoms. The van der Waals surface area contributed by atoms with Crippen molar-refractivity contribution in [2.24, 2.45) is 0 Å². The van der Waals surface area contributed by atoms with Crippen molar-refractivity contribution in [2.75, 3.05) is 5.73 Å². The van der Waals surface area contributed by atoms with Crippen molar-refractivity contribution in [1.29, 1.82) is 0 Å². The molecule has 0 aliphatic carbocycles. The smallest absolute Gasteiger partial charge is 0.131 e. The highest BCUT2D eigenvalue weighted by atomic mass is 35.5. The van der Waals surface area contributed by atoms with Gasteiger partial charge in [0.05, 0.1) is 0 Å². The van der Waals surface area contributed by atoms with Crippen molar-refractivity contribution in [1.82, 2.24) is 4.98 Å². The lowest BCUT2D eigenvalue weighted by atomic mass is 9.95. The Bertz CT molecular complexity index is 845. The third-order valence-corrected chi connectivity index (χ3v) is 4.35. The first-order valence-electron chi connectivity index (χ1n) is 6.99. The molecule has 2 nitrogen and oxygen atoms in total. The predicted octanol–water partition coefficient (Wildman–Crippen LogP) is 5.37. The van der Waals surface area contributed by atoms with Gasteiger partial charge in [-0.3, -0.25) is 0 Å². The van der Waals surface area contributed by atoms with Gasteiger partial charge in [-0.1, -0.05) is 47.5 Å². The van der Waals surface area contributed by atoms with Crippen LogP contribution < -0.4 is 5.73 Å². The summed E-state index contributed by atoms with van der Waals surface area (Å²) in [4.78, 5) is 4.09. The molecule has 0 fully saturated rings. The molecule has 0 aliphatic heterocycles. The van der Waals surface area contributed by atoms with Crippen molar-refractivity contribution in [3.05, 3.63) is 81.7 Å². The molecule has 0 saturated heterocycles. The second-order valence-electron chi connectivity index (χ2n) is 5.09. The number of nitrogens with two attached hydrogens (primary N) is 1. The van der Waals surface area contributed by atoms with Crippen LogP contribution in [0, 0.1) is 5.82 Å². The Morgan fingerprint density at radius 3 is 2.35 bits per heavy atom. The Labute approximate surface area is 143 Å². The molecule has 0 spiro atoms. The van der Waals surface area contributed by atoms with Crippen molar-refractivity contribution in [2.45, 2.75) is 6.42 Å². The maximum atomic E-state index is 14.2. The van der Waals surface area contributed by atoms with Crippen LogP contribution in [0.5, 0.6) is 0 Å². The summed E-state index contributed by atoms with van der Waals surface area (Å²) in [5, 5.41) is 1.12. The topological polar surface area (TPSA) is 38.9 Å². The van der Waals surface area contributed by atoms with Crippen LogP contribution in [0.25, 0.3) is 11.1 Å². The van der Waals surface area contributed by atoms with Gasteiger partial charge < -0.3 is 5.73 Å². The molecule has 0 unspecified atom stereocenters. The standard InChI is InChI=1S/C18H13Cl2FN2/c19-14-5-3-6-15(20)13(14)10-11-8-9-23-18(22)17(11)12-4-1-2-7-16(12)21/h1-9H,10H2,(H2,22,23). The van der Waals surface area contributed by atoms with E-state index in [0.29, 0.717) is 27.6 Å². The Balaban J connectivity index is 2.15. The minimum Gasteiger partial charge on any atom is -0.383 e. The number of benzene rings is 2. The fourth-order valence-corrected chi connectivity index (χ4v) is 3.06. The van der Waals surface area contributed by atoms with E-state index in [2.05, 4.69) is 4.98 Å². The molecule has 116 valence electrons. The molecule has 1 heterocycles. The van der Waals surface area contributed by atoms with Gasteiger partial charge in [0, 0.05) is 33.8 Å². The first kappa shape index (κ1) is 15.8. The molecular formula is C18H13Cl2FN2. The van der Waals surface area contributed by atoms with E-state index in [0.717, 1.165) is 11.1 Å². The van der Waals surface area contributed by atoms with E-state index < -0.39 is 0 Å². The Morgan fingerprint density at radius 2 is 1.65 bits per heavy atom. The lowest BCUT2D eigenvalue weighted by molar-refractivity contribution is 0.631. The van der Waals surface area contributed by atoms with Gasteiger partial charge >= 0.3 is 0 Å². The molecule has 23 heavy (non-hydrogen) atoms. The maximum Gasteiger partial charge on any atom is 0.131 e. The van der Waals surface area contributed by atoms with E-state index in [1.54, 1.807) is 48.7 Å². The van der Waals surface area contributed by atoms with Crippen molar-refractivity contribution >= 4 is 29.0 Å². The van der Waals surface area contributed by atoms with Crippen LogP contribution in [0.3, 0.4) is 0 Å². The molecule has 0 atom stereocenters. The van der Waals surface area contributed by atoms with E-state index in [-0.39, 0.29) is 11.6 Å². The third kappa shape index (κ3) is 3.16. The molecule has 3 rings (SSSR count). The first-order valence-corrected chi connectivity index (χ1v) is 7.74. The minimum absolute atomic E-state index is 0.274. The number of anilines is 1. The van der Waals surface area contributed by atoms with Crippen LogP contribution >= 0.6 is 23.2 Å². The second kappa shape index (κ2) is 6.57. The zero-order valence-electron chi connectivity index (χ0n) is 12.1. The molecule has 1 aromatic heterocycles. The molecule has 3 aromatic rings. The summed E-state index contributed by atoms with van der Waals surface area (Å²) in [6, 6.07) is 13.6. The van der Waals surface area contributed by atoms with Crippen LogP contribution in [-0.4, -0.2) is 4.98 Å². The Hall–Kier alpha value is -2.10. The molecule has 2 N–H and O–H groups in total. The van der Waals surface area contributed by atoms with Crippen LogP contribution in [0.4, 0.5) is 10.2 Å². The zero-order chi connectivity index (χ0) is 16.4. The summed E-state index contributed by atoms with van der Waals surface area (Å²) in [5.74, 6) is -0.0746. The predicted molar refractivity (Wildman–Crippen MR) is 93.3 cm³/mol. The fourth-order valence-electron chi connectivity index (χ4n) is 2.53. The number of hydrogen-bond acceptors (Lipinski definition) is 2. The van der Waals surface area contributed by atoms with Gasteiger partial charge in [-0.25, -0.2) is 9.37 Å². The largest absolute Gasteiger partial charge is 0.383 e. The Morgan fingerprint density at radius 1 is 0.957 bits per heavy atom. The molecule has 0 aliphatic rings. The van der Waals surface area contributed by atoms with Gasteiger partial charge in [-0.2, -0.15) is 0 Å². The fraction of sp³-hybridized carbons (Fsp3) is 0.0556. The highest BCUT2D eigenvalue weighted by molar-refractivity contribution is 6.36. The van der Waals surface area contributed by atoms with Crippen LogP contribution in [0.15, 0.2) is 54.7 Å². The van der Waals surface area contributed by atoms with E-state index in [1.807, 2.05) is 0 Å². The quantitative estimate of drug-likeness (QED) is 0.692. The van der Waals surface area contributed by atoms with Crippen LogP contribution in [0.1, 0.15) is 11.1 Å². The number of nitrogens with zero attached hydrogens (tertiary/aromatic N) is 1. The summed E-state index contributed by atoms with van der Waals surface area (Å²) >= 11 is 12.5. The van der Waals surface area contributed by atoms with Crippen molar-refractivity contribution in [3.63, 3.8) is 0 Å². The number of rotatable bonds is 3. The summed E-state index contributed by atoms with van der Waals surface area (Å²) in [7, 11) is 0. The summed E-state index contributed by atoms with van der Waals surface area (Å²) < 4.78 is 14.2. The monoisotopic (exact) mass is 346 g/mol. The van der Waals surface area contributed by atoms with Gasteiger partial charge in [-0.05, 0) is 35.4 Å². The van der Waals surface area contributed by atoms with E-state index >= 15 is 0 Å². The number of aromatic nitrogens is 1. The van der Waals surface area contributed by atoms with Crippen molar-refractivity contribution in [3.8, 4) is 11.1 Å². The number of hydrogen-bond donors (Lipinski definition) is 1. The first-order chi connectivity index (χ1) is 11.1. The number of nitrogen functional groups attached to an aromatic ring is 1. The van der Waals surface area contributed by atoms with Crippen LogP contribution in [0.2, 0.25) is 10.0 Å². The van der Waals surface area contributed by atoms with Gasteiger partial charge in [0.1, 0.15) is 11.6 Å². The van der Waals surface area contributed by atoms with E-state index in [9.17, 15) is 4.39 Å². The second-order valence-corrected chi connectivity index (χ2v) is 5.90. The molecule has 0 saturated carbocycles. The number of pyridine rings is 1. The van der Waals surface area contributed by atoms with Crippen molar-refractivity contribution < 1.29 is 4.39 Å². The minimum atomic E-state index is -0.348. The third-order valence-electron chi connectivity index (χ3n) is 3.64. The highest BCUT2D eigenvalue weighted by Gasteiger charge is 2.16. The van der Waals surface area contributed by atoms with Gasteiger partial charge in [0.25, 0.3) is 0 Å². The zero-order valence-corrected chi connectivity index (χ0v) is 13.6. The van der Waals surface area contributed by atoms with E-state index in [1.165, 1.54) is 6.07 Å². The highest BCUT2D eigenvalue weighted by Crippen LogP contribution is 2.34. The summed E-state index contributed by atoms with van der Waals surface area (Å²) in [5.41, 5.74) is 8.59. The van der Waals surface area contributed by atoms with E-state index in [4.69, 9.17) is 28.9 Å². The average molecular weight is 347 g/mol. The molecule has 0 radical (unpaired) electrons. The normalized spacial score (nSPS) is 10.7. The average Bonchev–Trinajstić information content (AvgIpc) is 2.52. The van der Waals surface area contributed by atoms with Crippen LogP contribution in [-0.2, 0) is 6.42 Å². The van der Waals surface area contributed by atoms with Gasteiger partial charge in [0.15, 0.2) is 0 Å². The number of halogens is 3. The molecule has 5 heteroatoms. The summed E-state index contributed by atoms with van der Waals surface area (Å²) in [6.07, 6.45) is 2.04. The SMILES string of the molecule is Nc1nccc(Cc2c(Cl)cccc2Cl)c1-c1ccccc1F. The lowest BCUT2D eigenvalue weighted by Gasteiger charge is -2.14. The molecular weight excluding hydrogens is 334 g/mol. The molecule has 2 aromatic carbocycles. The van der Waals surface area contributed by atoms with Gasteiger partial charge in [-0.15, -0.1) is 0 Å². The summed E-state index contributed by atoms with van der Waals surface area (Å²) in [6.45, 7) is 0. The Kier molecular flexibility index (Phi) is 4.51. The maximum absolute atomic E-state index is 14.2. The van der Waals surface area contributed by atoms with Gasteiger partial charge in [0.2, 0.25) is 0 Å². The molecule has 0 amide bonds. The lowest BCUT2D eigenvalue weighted by Crippen LogP contribution is -2.02.